The fourth-order valence-corrected chi connectivity index (χ4v) is 2.51. The van der Waals surface area contributed by atoms with Gasteiger partial charge in [-0.3, -0.25) is 9.78 Å². The molecule has 1 fully saturated rings. The topological polar surface area (TPSA) is 79.2 Å². The van der Waals surface area contributed by atoms with E-state index in [2.05, 4.69) is 15.0 Å². The van der Waals surface area contributed by atoms with Gasteiger partial charge in [-0.1, -0.05) is 0 Å². The highest BCUT2D eigenvalue weighted by molar-refractivity contribution is 5.72. The minimum Gasteiger partial charge on any atom is -0.481 e. The van der Waals surface area contributed by atoms with Crippen LogP contribution in [0.1, 0.15) is 12.1 Å². The molecule has 0 aliphatic carbocycles. The van der Waals surface area contributed by atoms with Crippen LogP contribution in [0.5, 0.6) is 0 Å². The molecule has 0 radical (unpaired) electrons. The van der Waals surface area contributed by atoms with Crippen LogP contribution in [0.3, 0.4) is 0 Å². The Labute approximate surface area is 122 Å². The van der Waals surface area contributed by atoms with E-state index in [-0.39, 0.29) is 5.92 Å². The Hall–Kier alpha value is -2.50. The number of aryl methyl sites for hydroxylation is 1. The van der Waals surface area contributed by atoms with Crippen molar-refractivity contribution in [3.05, 3.63) is 36.3 Å². The molecule has 3 heterocycles. The van der Waals surface area contributed by atoms with Crippen LogP contribution in [0.15, 0.2) is 30.6 Å². The normalized spacial score (nSPS) is 18.0. The van der Waals surface area contributed by atoms with Crippen molar-refractivity contribution in [2.45, 2.75) is 13.3 Å². The third kappa shape index (κ3) is 2.84. The smallest absolute Gasteiger partial charge is 0.308 e. The number of carbonyl (C=O) groups is 1. The van der Waals surface area contributed by atoms with Gasteiger partial charge in [-0.2, -0.15) is 0 Å². The van der Waals surface area contributed by atoms with Gasteiger partial charge in [-0.05, 0) is 25.5 Å². The van der Waals surface area contributed by atoms with Gasteiger partial charge in [0.05, 0.1) is 5.92 Å². The Morgan fingerprint density at radius 2 is 2.29 bits per heavy atom. The van der Waals surface area contributed by atoms with Crippen molar-refractivity contribution in [2.24, 2.45) is 5.92 Å². The van der Waals surface area contributed by atoms with Crippen LogP contribution in [-0.2, 0) is 4.79 Å². The molecule has 1 atom stereocenters. The lowest BCUT2D eigenvalue weighted by Crippen LogP contribution is -2.23. The highest BCUT2D eigenvalue weighted by Gasteiger charge is 2.29. The zero-order chi connectivity index (χ0) is 14.8. The van der Waals surface area contributed by atoms with E-state index >= 15 is 0 Å². The molecule has 0 bridgehead atoms. The summed E-state index contributed by atoms with van der Waals surface area (Å²) in [4.78, 5) is 26.2. The van der Waals surface area contributed by atoms with E-state index in [0.29, 0.717) is 25.3 Å². The summed E-state index contributed by atoms with van der Waals surface area (Å²) in [6.45, 7) is 3.12. The first-order valence-electron chi connectivity index (χ1n) is 6.87. The van der Waals surface area contributed by atoms with Crippen LogP contribution >= 0.6 is 0 Å². The van der Waals surface area contributed by atoms with E-state index in [0.717, 1.165) is 17.1 Å². The molecule has 2 aromatic rings. The van der Waals surface area contributed by atoms with Gasteiger partial charge >= 0.3 is 5.97 Å². The van der Waals surface area contributed by atoms with Gasteiger partial charge in [0.15, 0.2) is 5.82 Å². The minimum absolute atomic E-state index is 0.317. The molecule has 1 aliphatic heterocycles. The largest absolute Gasteiger partial charge is 0.481 e. The van der Waals surface area contributed by atoms with E-state index in [1.54, 1.807) is 12.4 Å². The van der Waals surface area contributed by atoms with Gasteiger partial charge in [-0.25, -0.2) is 9.97 Å². The summed E-state index contributed by atoms with van der Waals surface area (Å²) in [6, 6.07) is 5.65. The van der Waals surface area contributed by atoms with E-state index in [1.165, 1.54) is 0 Å². The van der Waals surface area contributed by atoms with Gasteiger partial charge in [0.25, 0.3) is 0 Å². The van der Waals surface area contributed by atoms with Crippen molar-refractivity contribution in [3.8, 4) is 11.4 Å². The summed E-state index contributed by atoms with van der Waals surface area (Å²) < 4.78 is 0. The van der Waals surface area contributed by atoms with Crippen molar-refractivity contribution >= 4 is 11.8 Å². The van der Waals surface area contributed by atoms with Crippen LogP contribution in [0.25, 0.3) is 11.4 Å². The molecule has 1 unspecified atom stereocenters. The number of nitrogens with zero attached hydrogens (tertiary/aromatic N) is 4. The Balaban J connectivity index is 1.91. The summed E-state index contributed by atoms with van der Waals surface area (Å²) in [5, 5.41) is 9.10. The fourth-order valence-electron chi connectivity index (χ4n) is 2.51. The summed E-state index contributed by atoms with van der Waals surface area (Å²) in [6.07, 6.45) is 4.08. The molecule has 0 amide bonds. The molecule has 6 heteroatoms. The van der Waals surface area contributed by atoms with E-state index in [9.17, 15) is 4.79 Å². The lowest BCUT2D eigenvalue weighted by atomic mass is 10.1. The maximum absolute atomic E-state index is 11.1. The zero-order valence-electron chi connectivity index (χ0n) is 11.7. The van der Waals surface area contributed by atoms with Crippen LogP contribution < -0.4 is 4.90 Å². The molecular weight excluding hydrogens is 268 g/mol. The second kappa shape index (κ2) is 5.47. The first kappa shape index (κ1) is 13.5. The summed E-state index contributed by atoms with van der Waals surface area (Å²) in [5.41, 5.74) is 1.72. The van der Waals surface area contributed by atoms with Gasteiger partial charge in [0, 0.05) is 42.8 Å². The molecule has 1 aliphatic rings. The van der Waals surface area contributed by atoms with Gasteiger partial charge in [-0.15, -0.1) is 0 Å². The van der Waals surface area contributed by atoms with Crippen LogP contribution in [-0.4, -0.2) is 39.1 Å². The third-order valence-electron chi connectivity index (χ3n) is 3.62. The first-order chi connectivity index (χ1) is 10.1. The Bertz CT molecular complexity index is 660. The number of pyridine rings is 1. The second-order valence-electron chi connectivity index (χ2n) is 5.20. The first-order valence-corrected chi connectivity index (χ1v) is 6.87. The van der Waals surface area contributed by atoms with Crippen molar-refractivity contribution in [1.29, 1.82) is 0 Å². The predicted octanol–water partition coefficient (Wildman–Crippen LogP) is 1.76. The van der Waals surface area contributed by atoms with Crippen LogP contribution in [0, 0.1) is 12.8 Å². The second-order valence-corrected chi connectivity index (χ2v) is 5.20. The molecule has 1 N–H and O–H groups in total. The molecule has 108 valence electrons. The van der Waals surface area contributed by atoms with Crippen LogP contribution in [0.2, 0.25) is 0 Å². The average Bonchev–Trinajstić information content (AvgIpc) is 2.98. The average molecular weight is 284 g/mol. The number of aromatic nitrogens is 3. The predicted molar refractivity (Wildman–Crippen MR) is 78.0 cm³/mol. The molecule has 0 spiro atoms. The molecule has 21 heavy (non-hydrogen) atoms. The third-order valence-corrected chi connectivity index (χ3v) is 3.62. The van der Waals surface area contributed by atoms with E-state index in [4.69, 9.17) is 5.11 Å². The number of hydrogen-bond acceptors (Lipinski definition) is 5. The Morgan fingerprint density at radius 3 is 2.95 bits per heavy atom. The molecule has 6 nitrogen and oxygen atoms in total. The summed E-state index contributed by atoms with van der Waals surface area (Å²) >= 11 is 0. The monoisotopic (exact) mass is 284 g/mol. The minimum atomic E-state index is -0.740. The summed E-state index contributed by atoms with van der Waals surface area (Å²) in [7, 11) is 0. The number of carboxylic acid groups (broad SMARTS) is 1. The number of hydrogen-bond donors (Lipinski definition) is 1. The molecule has 0 saturated carbocycles. The SMILES string of the molecule is Cc1cc(N2CCC(C(=O)O)C2)nc(-c2cccnc2)n1. The lowest BCUT2D eigenvalue weighted by molar-refractivity contribution is -0.140. The highest BCUT2D eigenvalue weighted by atomic mass is 16.4. The zero-order valence-corrected chi connectivity index (χ0v) is 11.7. The number of carboxylic acids is 1. The molecule has 1 saturated heterocycles. The lowest BCUT2D eigenvalue weighted by Gasteiger charge is -2.18. The molecular formula is C15H16N4O2. The van der Waals surface area contributed by atoms with Crippen molar-refractivity contribution in [1.82, 2.24) is 15.0 Å². The number of aliphatic carboxylic acids is 1. The number of anilines is 1. The maximum Gasteiger partial charge on any atom is 0.308 e. The van der Waals surface area contributed by atoms with E-state index < -0.39 is 5.97 Å². The van der Waals surface area contributed by atoms with Gasteiger partial charge < -0.3 is 10.0 Å². The van der Waals surface area contributed by atoms with Crippen molar-refractivity contribution in [2.75, 3.05) is 18.0 Å². The van der Waals surface area contributed by atoms with Crippen LogP contribution in [0.4, 0.5) is 5.82 Å². The quantitative estimate of drug-likeness (QED) is 0.925. The van der Waals surface area contributed by atoms with Gasteiger partial charge in [0.2, 0.25) is 0 Å². The maximum atomic E-state index is 11.1. The molecule has 3 rings (SSSR count). The Morgan fingerprint density at radius 1 is 1.43 bits per heavy atom. The fraction of sp³-hybridized carbons (Fsp3) is 0.333. The van der Waals surface area contributed by atoms with Crippen molar-refractivity contribution in [3.63, 3.8) is 0 Å². The summed E-state index contributed by atoms with van der Waals surface area (Å²) in [5.74, 6) is 0.347. The van der Waals surface area contributed by atoms with Crippen molar-refractivity contribution < 1.29 is 9.90 Å². The standard InChI is InChI=1S/C15H16N4O2/c1-10-7-13(19-6-4-12(9-19)15(20)21)18-14(17-10)11-3-2-5-16-8-11/h2-3,5,7-8,12H,4,6,9H2,1H3,(H,20,21). The number of rotatable bonds is 3. The Kier molecular flexibility index (Phi) is 3.51. The molecule has 2 aromatic heterocycles. The van der Waals surface area contributed by atoms with Gasteiger partial charge in [0.1, 0.15) is 5.82 Å². The highest BCUT2D eigenvalue weighted by Crippen LogP contribution is 2.25. The molecule has 0 aromatic carbocycles. The van der Waals surface area contributed by atoms with E-state index in [1.807, 2.05) is 30.0 Å².